The topological polar surface area (TPSA) is 125 Å². The summed E-state index contributed by atoms with van der Waals surface area (Å²) in [6.45, 7) is 0. The number of nitrogens with one attached hydrogen (secondary N) is 1. The minimum absolute atomic E-state index is 0.0460. The molecule has 9 nitrogen and oxygen atoms in total. The number of carbonyl (C=O) groups is 1. The highest BCUT2D eigenvalue weighted by Crippen LogP contribution is 2.41. The van der Waals surface area contributed by atoms with E-state index in [1.165, 1.54) is 7.11 Å². The van der Waals surface area contributed by atoms with E-state index in [1.54, 1.807) is 0 Å². The van der Waals surface area contributed by atoms with Gasteiger partial charge < -0.3 is 10.1 Å². The van der Waals surface area contributed by atoms with E-state index in [0.717, 1.165) is 25.0 Å². The molecule has 0 amide bonds. The first-order valence-corrected chi connectivity index (χ1v) is 7.11. The van der Waals surface area contributed by atoms with Crippen molar-refractivity contribution in [1.29, 1.82) is 0 Å². The molecule has 0 aromatic heterocycles. The van der Waals surface area contributed by atoms with Crippen LogP contribution in [0.25, 0.3) is 0 Å². The van der Waals surface area contributed by atoms with Gasteiger partial charge in [-0.05, 0) is 18.8 Å². The Morgan fingerprint density at radius 2 is 1.82 bits per heavy atom. The lowest BCUT2D eigenvalue weighted by atomic mass is 10.1. The first kappa shape index (κ1) is 16.1. The zero-order valence-corrected chi connectivity index (χ0v) is 13.0. The van der Waals surface area contributed by atoms with Crippen LogP contribution < -0.4 is 5.32 Å². The van der Waals surface area contributed by atoms with Crippen molar-refractivity contribution in [2.75, 3.05) is 12.4 Å². The quantitative estimate of drug-likeness (QED) is 0.461. The zero-order valence-electron chi connectivity index (χ0n) is 11.4. The normalized spacial score (nSPS) is 15.0. The Kier molecular flexibility index (Phi) is 4.59. The number of hydrogen-bond acceptors (Lipinski definition) is 7. The molecular formula is C12H12BrN3O6. The summed E-state index contributed by atoms with van der Waals surface area (Å²) >= 11 is 3.01. The van der Waals surface area contributed by atoms with E-state index in [2.05, 4.69) is 26.0 Å². The van der Waals surface area contributed by atoms with Crippen LogP contribution >= 0.6 is 15.9 Å². The summed E-state index contributed by atoms with van der Waals surface area (Å²) in [6.07, 6.45) is 1.51. The van der Waals surface area contributed by atoms with Crippen molar-refractivity contribution in [3.63, 3.8) is 0 Å². The molecular weight excluding hydrogens is 362 g/mol. The lowest BCUT2D eigenvalue weighted by Crippen LogP contribution is -2.33. The first-order chi connectivity index (χ1) is 10.3. The Morgan fingerprint density at radius 3 is 2.18 bits per heavy atom. The van der Waals surface area contributed by atoms with Crippen molar-refractivity contribution in [2.45, 2.75) is 18.9 Å². The van der Waals surface area contributed by atoms with E-state index >= 15 is 0 Å². The largest absolute Gasteiger partial charge is 0.467 e. The third kappa shape index (κ3) is 3.32. The second-order valence-corrected chi connectivity index (χ2v) is 5.73. The summed E-state index contributed by atoms with van der Waals surface area (Å²) in [5.41, 5.74) is -1.24. The molecule has 10 heteroatoms. The summed E-state index contributed by atoms with van der Waals surface area (Å²) in [6, 6.07) is 1.45. The fourth-order valence-electron chi connectivity index (χ4n) is 2.10. The number of rotatable bonds is 6. The highest BCUT2D eigenvalue weighted by molar-refractivity contribution is 9.10. The van der Waals surface area contributed by atoms with Crippen LogP contribution in [0.1, 0.15) is 12.8 Å². The molecule has 2 rings (SSSR count). The number of methoxy groups -OCH3 is 1. The summed E-state index contributed by atoms with van der Waals surface area (Å²) in [7, 11) is 1.20. The Hall–Kier alpha value is -2.23. The van der Waals surface area contributed by atoms with E-state index < -0.39 is 33.2 Å². The maximum Gasteiger partial charge on any atom is 0.328 e. The van der Waals surface area contributed by atoms with Gasteiger partial charge in [-0.3, -0.25) is 20.2 Å². The maximum atomic E-state index is 11.8. The zero-order chi connectivity index (χ0) is 16.4. The van der Waals surface area contributed by atoms with Crippen LogP contribution in [0.5, 0.6) is 0 Å². The van der Waals surface area contributed by atoms with E-state index in [4.69, 9.17) is 0 Å². The van der Waals surface area contributed by atoms with Gasteiger partial charge in [0, 0.05) is 16.6 Å². The van der Waals surface area contributed by atoms with Crippen LogP contribution in [0.2, 0.25) is 0 Å². The van der Waals surface area contributed by atoms with Gasteiger partial charge in [0.15, 0.2) is 5.69 Å². The molecule has 1 N–H and O–H groups in total. The number of hydrogen-bond donors (Lipinski definition) is 1. The molecule has 0 aliphatic heterocycles. The molecule has 118 valence electrons. The fourth-order valence-corrected chi connectivity index (χ4v) is 2.53. The average molecular weight is 374 g/mol. The van der Waals surface area contributed by atoms with Crippen LogP contribution in [-0.2, 0) is 9.53 Å². The SMILES string of the molecule is COC(=O)C(Nc1c([N+](=O)[O-])cc(Br)cc1[N+](=O)[O-])C1CC1. The molecule has 1 aliphatic rings. The molecule has 1 aromatic carbocycles. The lowest BCUT2D eigenvalue weighted by Gasteiger charge is -2.17. The van der Waals surface area contributed by atoms with Gasteiger partial charge in [0.2, 0.25) is 0 Å². The fraction of sp³-hybridized carbons (Fsp3) is 0.417. The van der Waals surface area contributed by atoms with Crippen LogP contribution in [0.4, 0.5) is 17.1 Å². The summed E-state index contributed by atoms with van der Waals surface area (Å²) < 4.78 is 4.87. The minimum Gasteiger partial charge on any atom is -0.467 e. The number of esters is 1. The number of nitro benzene ring substituents is 2. The molecule has 0 spiro atoms. The lowest BCUT2D eigenvalue weighted by molar-refractivity contribution is -0.392. The van der Waals surface area contributed by atoms with Crippen molar-refractivity contribution in [2.24, 2.45) is 5.92 Å². The predicted octanol–water partition coefficient (Wildman–Crippen LogP) is 2.63. The molecule has 1 atom stereocenters. The number of benzene rings is 1. The molecule has 1 saturated carbocycles. The number of carbonyl (C=O) groups excluding carboxylic acids is 1. The van der Waals surface area contributed by atoms with E-state index in [1.807, 2.05) is 0 Å². The Labute approximate surface area is 133 Å². The summed E-state index contributed by atoms with van der Waals surface area (Å²) in [5, 5.41) is 25.0. The second kappa shape index (κ2) is 6.26. The van der Waals surface area contributed by atoms with Crippen molar-refractivity contribution < 1.29 is 19.4 Å². The van der Waals surface area contributed by atoms with Gasteiger partial charge in [-0.15, -0.1) is 0 Å². The highest BCUT2D eigenvalue weighted by atomic mass is 79.9. The molecule has 0 heterocycles. The summed E-state index contributed by atoms with van der Waals surface area (Å²) in [5.74, 6) is -0.649. The monoisotopic (exact) mass is 373 g/mol. The molecule has 0 bridgehead atoms. The second-order valence-electron chi connectivity index (χ2n) is 4.82. The van der Waals surface area contributed by atoms with Gasteiger partial charge in [0.1, 0.15) is 6.04 Å². The van der Waals surface area contributed by atoms with Gasteiger partial charge in [-0.25, -0.2) is 4.79 Å². The van der Waals surface area contributed by atoms with Crippen molar-refractivity contribution in [1.82, 2.24) is 0 Å². The van der Waals surface area contributed by atoms with Gasteiger partial charge in [-0.2, -0.15) is 0 Å². The third-order valence-electron chi connectivity index (χ3n) is 3.30. The number of anilines is 1. The van der Waals surface area contributed by atoms with Gasteiger partial charge >= 0.3 is 17.3 Å². The van der Waals surface area contributed by atoms with Gasteiger partial charge in [0.25, 0.3) is 0 Å². The highest BCUT2D eigenvalue weighted by Gasteiger charge is 2.40. The number of nitro groups is 2. The van der Waals surface area contributed by atoms with Crippen LogP contribution in [-0.4, -0.2) is 29.0 Å². The van der Waals surface area contributed by atoms with E-state index in [9.17, 15) is 25.0 Å². The number of halogens is 1. The van der Waals surface area contributed by atoms with Crippen molar-refractivity contribution in [3.05, 3.63) is 36.8 Å². The first-order valence-electron chi connectivity index (χ1n) is 6.31. The van der Waals surface area contributed by atoms with Crippen LogP contribution in [0, 0.1) is 26.1 Å². The Bertz CT molecular complexity index is 611. The van der Waals surface area contributed by atoms with Gasteiger partial charge in [-0.1, -0.05) is 15.9 Å². The molecule has 0 radical (unpaired) electrons. The Balaban J connectivity index is 2.49. The third-order valence-corrected chi connectivity index (χ3v) is 3.76. The smallest absolute Gasteiger partial charge is 0.328 e. The van der Waals surface area contributed by atoms with E-state index in [0.29, 0.717) is 0 Å². The Morgan fingerprint density at radius 1 is 1.32 bits per heavy atom. The van der Waals surface area contributed by atoms with Crippen molar-refractivity contribution >= 4 is 39.0 Å². The molecule has 1 fully saturated rings. The molecule has 1 unspecified atom stereocenters. The standard InChI is InChI=1S/C12H12BrN3O6/c1-22-12(17)10(6-2-3-6)14-11-8(15(18)19)4-7(13)5-9(11)16(20)21/h4-6,10,14H,2-3H2,1H3. The predicted molar refractivity (Wildman–Crippen MR) is 79.6 cm³/mol. The van der Waals surface area contributed by atoms with Crippen molar-refractivity contribution in [3.8, 4) is 0 Å². The minimum atomic E-state index is -0.844. The molecule has 1 aliphatic carbocycles. The molecule has 0 saturated heterocycles. The van der Waals surface area contributed by atoms with Gasteiger partial charge in [0.05, 0.1) is 17.0 Å². The molecule has 22 heavy (non-hydrogen) atoms. The van der Waals surface area contributed by atoms with Crippen LogP contribution in [0.15, 0.2) is 16.6 Å². The maximum absolute atomic E-state index is 11.8. The van der Waals surface area contributed by atoms with E-state index in [-0.39, 0.29) is 16.1 Å². The average Bonchev–Trinajstić information content (AvgIpc) is 3.28. The summed E-state index contributed by atoms with van der Waals surface area (Å²) in [4.78, 5) is 32.6. The molecule has 1 aromatic rings. The number of nitrogens with zero attached hydrogens (tertiary/aromatic N) is 2. The van der Waals surface area contributed by atoms with Crippen LogP contribution in [0.3, 0.4) is 0 Å². The number of ether oxygens (including phenoxy) is 1.